The molecule has 0 fully saturated rings. The molecule has 0 atom stereocenters. The number of rotatable bonds is 4. The molecular formula is C12H14FN3O. The molecule has 1 aromatic rings. The van der Waals surface area contributed by atoms with Gasteiger partial charge in [0.25, 0.3) is 5.91 Å². The van der Waals surface area contributed by atoms with Gasteiger partial charge in [0, 0.05) is 18.8 Å². The zero-order chi connectivity index (χ0) is 12.8. The maximum atomic E-state index is 12.8. The number of halogens is 1. The summed E-state index contributed by atoms with van der Waals surface area (Å²) in [4.78, 5) is 13.5. The summed E-state index contributed by atoms with van der Waals surface area (Å²) in [5.41, 5.74) is 5.98. The van der Waals surface area contributed by atoms with Gasteiger partial charge in [-0.3, -0.25) is 4.79 Å². The lowest BCUT2D eigenvalue weighted by molar-refractivity contribution is 0.0769. The van der Waals surface area contributed by atoms with Crippen molar-refractivity contribution >= 4 is 11.6 Å². The van der Waals surface area contributed by atoms with Crippen LogP contribution in [0.3, 0.4) is 0 Å². The molecule has 0 bridgehead atoms. The number of carbonyl (C=O) groups excluding carboxylic acids is 1. The molecule has 17 heavy (non-hydrogen) atoms. The van der Waals surface area contributed by atoms with Gasteiger partial charge in [-0.2, -0.15) is 5.26 Å². The predicted molar refractivity (Wildman–Crippen MR) is 62.6 cm³/mol. The molecule has 0 aliphatic carbocycles. The van der Waals surface area contributed by atoms with Crippen LogP contribution in [0.25, 0.3) is 0 Å². The number of anilines is 1. The predicted octanol–water partition coefficient (Wildman–Crippen LogP) is 1.78. The number of carbonyl (C=O) groups is 1. The van der Waals surface area contributed by atoms with E-state index in [1.54, 1.807) is 0 Å². The van der Waals surface area contributed by atoms with Gasteiger partial charge in [-0.15, -0.1) is 0 Å². The van der Waals surface area contributed by atoms with Crippen LogP contribution in [0.1, 0.15) is 23.7 Å². The van der Waals surface area contributed by atoms with Crippen LogP contribution in [0.2, 0.25) is 0 Å². The molecule has 0 radical (unpaired) electrons. The van der Waals surface area contributed by atoms with E-state index in [0.29, 0.717) is 13.1 Å². The number of nitrogen functional groups attached to an aromatic ring is 1. The van der Waals surface area contributed by atoms with Gasteiger partial charge in [-0.1, -0.05) is 0 Å². The highest BCUT2D eigenvalue weighted by Gasteiger charge is 2.16. The fraction of sp³-hybridized carbons (Fsp3) is 0.333. The molecule has 0 unspecified atom stereocenters. The average Bonchev–Trinajstić information content (AvgIpc) is 2.29. The first kappa shape index (κ1) is 13.0. The molecule has 0 spiro atoms. The van der Waals surface area contributed by atoms with Crippen molar-refractivity contribution in [3.05, 3.63) is 29.6 Å². The van der Waals surface area contributed by atoms with E-state index in [4.69, 9.17) is 11.0 Å². The van der Waals surface area contributed by atoms with Gasteiger partial charge in [-0.25, -0.2) is 4.39 Å². The van der Waals surface area contributed by atoms with Gasteiger partial charge >= 0.3 is 0 Å². The van der Waals surface area contributed by atoms with Gasteiger partial charge in [-0.05, 0) is 25.1 Å². The molecule has 0 aromatic heterocycles. The fourth-order valence-corrected chi connectivity index (χ4v) is 1.49. The minimum atomic E-state index is -0.473. The van der Waals surface area contributed by atoms with Crippen LogP contribution in [-0.4, -0.2) is 23.9 Å². The zero-order valence-corrected chi connectivity index (χ0v) is 9.61. The highest BCUT2D eigenvalue weighted by Crippen LogP contribution is 2.15. The first-order chi connectivity index (χ1) is 8.10. The monoisotopic (exact) mass is 235 g/mol. The third kappa shape index (κ3) is 3.18. The minimum Gasteiger partial charge on any atom is -0.398 e. The maximum Gasteiger partial charge on any atom is 0.255 e. The summed E-state index contributed by atoms with van der Waals surface area (Å²) in [7, 11) is 0. The maximum absolute atomic E-state index is 12.8. The topological polar surface area (TPSA) is 70.1 Å². The molecule has 1 aromatic carbocycles. The van der Waals surface area contributed by atoms with Crippen LogP contribution in [0.15, 0.2) is 18.2 Å². The lowest BCUT2D eigenvalue weighted by Gasteiger charge is -2.20. The van der Waals surface area contributed by atoms with E-state index in [1.165, 1.54) is 17.0 Å². The largest absolute Gasteiger partial charge is 0.398 e. The molecule has 0 saturated carbocycles. The molecule has 2 N–H and O–H groups in total. The lowest BCUT2D eigenvalue weighted by atomic mass is 10.1. The lowest BCUT2D eigenvalue weighted by Crippen LogP contribution is -2.32. The summed E-state index contributed by atoms with van der Waals surface area (Å²) < 4.78 is 12.8. The Balaban J connectivity index is 2.90. The Bertz CT molecular complexity index is 454. The van der Waals surface area contributed by atoms with Crippen molar-refractivity contribution in [3.8, 4) is 6.07 Å². The van der Waals surface area contributed by atoms with E-state index in [2.05, 4.69) is 0 Å². The number of hydrogen-bond donors (Lipinski definition) is 1. The molecule has 4 nitrogen and oxygen atoms in total. The molecular weight excluding hydrogens is 221 g/mol. The van der Waals surface area contributed by atoms with Gasteiger partial charge in [0.05, 0.1) is 18.1 Å². The highest BCUT2D eigenvalue weighted by atomic mass is 19.1. The number of benzene rings is 1. The Labute approximate surface area is 99.4 Å². The summed E-state index contributed by atoms with van der Waals surface area (Å²) >= 11 is 0. The van der Waals surface area contributed by atoms with E-state index < -0.39 is 5.82 Å². The Kier molecular flexibility index (Phi) is 4.46. The third-order valence-electron chi connectivity index (χ3n) is 2.41. The van der Waals surface area contributed by atoms with Crippen molar-refractivity contribution in [1.29, 1.82) is 5.26 Å². The van der Waals surface area contributed by atoms with Crippen molar-refractivity contribution in [3.63, 3.8) is 0 Å². The van der Waals surface area contributed by atoms with Crippen molar-refractivity contribution < 1.29 is 9.18 Å². The third-order valence-corrected chi connectivity index (χ3v) is 2.41. The van der Waals surface area contributed by atoms with E-state index in [1.807, 2.05) is 13.0 Å². The number of nitriles is 1. The SMILES string of the molecule is CCN(CCC#N)C(=O)c1ccc(F)cc1N. The van der Waals surface area contributed by atoms with Crippen LogP contribution in [0, 0.1) is 17.1 Å². The Morgan fingerprint density at radius 1 is 1.59 bits per heavy atom. The van der Waals surface area contributed by atoms with Crippen LogP contribution >= 0.6 is 0 Å². The molecule has 0 heterocycles. The second-order valence-electron chi connectivity index (χ2n) is 3.52. The van der Waals surface area contributed by atoms with E-state index in [9.17, 15) is 9.18 Å². The number of nitrogens with two attached hydrogens (primary N) is 1. The molecule has 0 saturated heterocycles. The Morgan fingerprint density at radius 3 is 2.82 bits per heavy atom. The second-order valence-corrected chi connectivity index (χ2v) is 3.52. The summed E-state index contributed by atoms with van der Waals surface area (Å²) in [5, 5.41) is 8.49. The smallest absolute Gasteiger partial charge is 0.255 e. The van der Waals surface area contributed by atoms with Crippen molar-refractivity contribution in [2.75, 3.05) is 18.8 Å². The van der Waals surface area contributed by atoms with Crippen LogP contribution in [0.5, 0.6) is 0 Å². The summed E-state index contributed by atoms with van der Waals surface area (Å²) in [6, 6.07) is 5.65. The van der Waals surface area contributed by atoms with Crippen molar-refractivity contribution in [2.24, 2.45) is 0 Å². The van der Waals surface area contributed by atoms with Crippen LogP contribution in [-0.2, 0) is 0 Å². The Hall–Kier alpha value is -2.09. The second kappa shape index (κ2) is 5.85. The Morgan fingerprint density at radius 2 is 2.29 bits per heavy atom. The van der Waals surface area contributed by atoms with E-state index in [0.717, 1.165) is 6.07 Å². The average molecular weight is 235 g/mol. The molecule has 1 amide bonds. The van der Waals surface area contributed by atoms with E-state index in [-0.39, 0.29) is 23.6 Å². The van der Waals surface area contributed by atoms with Crippen LogP contribution in [0.4, 0.5) is 10.1 Å². The number of amides is 1. The highest BCUT2D eigenvalue weighted by molar-refractivity contribution is 5.99. The van der Waals surface area contributed by atoms with Crippen molar-refractivity contribution in [1.82, 2.24) is 4.90 Å². The van der Waals surface area contributed by atoms with Crippen LogP contribution < -0.4 is 5.73 Å². The quantitative estimate of drug-likeness (QED) is 0.809. The summed E-state index contributed by atoms with van der Waals surface area (Å²) in [5.74, 6) is -0.751. The first-order valence-electron chi connectivity index (χ1n) is 5.31. The normalized spacial score (nSPS) is 9.71. The van der Waals surface area contributed by atoms with E-state index >= 15 is 0 Å². The molecule has 90 valence electrons. The molecule has 0 aliphatic rings. The number of nitrogens with zero attached hydrogens (tertiary/aromatic N) is 2. The first-order valence-corrected chi connectivity index (χ1v) is 5.31. The summed E-state index contributed by atoms with van der Waals surface area (Å²) in [6.07, 6.45) is 0.265. The minimum absolute atomic E-state index is 0.116. The standard InChI is InChI=1S/C12H14FN3O/c1-2-16(7-3-6-14)12(17)10-5-4-9(13)8-11(10)15/h4-5,8H,2-3,7,15H2,1H3. The zero-order valence-electron chi connectivity index (χ0n) is 9.61. The molecule has 0 aliphatic heterocycles. The molecule has 5 heteroatoms. The van der Waals surface area contributed by atoms with Gasteiger partial charge in [0.2, 0.25) is 0 Å². The van der Waals surface area contributed by atoms with Crippen molar-refractivity contribution in [2.45, 2.75) is 13.3 Å². The molecule has 1 rings (SSSR count). The fourth-order valence-electron chi connectivity index (χ4n) is 1.49. The summed E-state index contributed by atoms with van der Waals surface area (Å²) in [6.45, 7) is 2.65. The number of hydrogen-bond acceptors (Lipinski definition) is 3. The van der Waals surface area contributed by atoms with Gasteiger partial charge in [0.15, 0.2) is 0 Å². The van der Waals surface area contributed by atoms with Gasteiger partial charge < -0.3 is 10.6 Å². The van der Waals surface area contributed by atoms with Gasteiger partial charge in [0.1, 0.15) is 5.82 Å².